The lowest BCUT2D eigenvalue weighted by molar-refractivity contribution is -0.386. The standard InChI is InChI=1S/C12H16N2O4/c1-13-8-5-10(6-8)18-12-7-9(17-2)3-4-11(12)14(15)16/h3-4,7-8,10,13H,5-6H2,1-2H3. The summed E-state index contributed by atoms with van der Waals surface area (Å²) in [5.41, 5.74) is -0.0243. The van der Waals surface area contributed by atoms with Crippen LogP contribution in [-0.4, -0.2) is 31.2 Å². The van der Waals surface area contributed by atoms with Crippen molar-refractivity contribution in [3.63, 3.8) is 0 Å². The lowest BCUT2D eigenvalue weighted by Gasteiger charge is -2.34. The van der Waals surface area contributed by atoms with E-state index in [1.54, 1.807) is 12.1 Å². The molecule has 6 heteroatoms. The molecule has 6 nitrogen and oxygen atoms in total. The predicted molar refractivity (Wildman–Crippen MR) is 66.1 cm³/mol. The van der Waals surface area contributed by atoms with Crippen LogP contribution in [0, 0.1) is 10.1 Å². The fourth-order valence-corrected chi connectivity index (χ4v) is 1.94. The predicted octanol–water partition coefficient (Wildman–Crippen LogP) is 1.73. The van der Waals surface area contributed by atoms with E-state index >= 15 is 0 Å². The highest BCUT2D eigenvalue weighted by Crippen LogP contribution is 2.34. The van der Waals surface area contributed by atoms with Gasteiger partial charge < -0.3 is 14.8 Å². The summed E-state index contributed by atoms with van der Waals surface area (Å²) >= 11 is 0. The van der Waals surface area contributed by atoms with Gasteiger partial charge >= 0.3 is 5.69 Å². The molecule has 0 aromatic heterocycles. The summed E-state index contributed by atoms with van der Waals surface area (Å²) in [4.78, 5) is 10.5. The van der Waals surface area contributed by atoms with Crippen LogP contribution in [0.2, 0.25) is 0 Å². The zero-order valence-corrected chi connectivity index (χ0v) is 10.4. The van der Waals surface area contributed by atoms with Gasteiger partial charge in [0.2, 0.25) is 5.75 Å². The third-order valence-corrected chi connectivity index (χ3v) is 3.16. The Hall–Kier alpha value is -1.82. The van der Waals surface area contributed by atoms with Gasteiger partial charge in [-0.3, -0.25) is 10.1 Å². The molecule has 0 radical (unpaired) electrons. The highest BCUT2D eigenvalue weighted by Gasteiger charge is 2.31. The van der Waals surface area contributed by atoms with Crippen molar-refractivity contribution < 1.29 is 14.4 Å². The summed E-state index contributed by atoms with van der Waals surface area (Å²) in [6.07, 6.45) is 1.77. The molecule has 1 aliphatic rings. The molecule has 1 saturated carbocycles. The molecule has 1 aliphatic carbocycles. The number of ether oxygens (including phenoxy) is 2. The van der Waals surface area contributed by atoms with Crippen molar-refractivity contribution in [2.24, 2.45) is 0 Å². The Kier molecular flexibility index (Phi) is 3.66. The lowest BCUT2D eigenvalue weighted by Crippen LogP contribution is -2.45. The number of methoxy groups -OCH3 is 1. The Balaban J connectivity index is 2.12. The van der Waals surface area contributed by atoms with E-state index in [1.807, 2.05) is 7.05 Å². The van der Waals surface area contributed by atoms with Crippen LogP contribution in [0.3, 0.4) is 0 Å². The van der Waals surface area contributed by atoms with Gasteiger partial charge in [0.25, 0.3) is 0 Å². The molecule has 2 rings (SSSR count). The fourth-order valence-electron chi connectivity index (χ4n) is 1.94. The van der Waals surface area contributed by atoms with Gasteiger partial charge in [0.15, 0.2) is 0 Å². The third-order valence-electron chi connectivity index (χ3n) is 3.16. The summed E-state index contributed by atoms with van der Waals surface area (Å²) < 4.78 is 10.7. The minimum Gasteiger partial charge on any atom is -0.497 e. The largest absolute Gasteiger partial charge is 0.497 e. The molecule has 0 spiro atoms. The molecule has 0 amide bonds. The van der Waals surface area contributed by atoms with Gasteiger partial charge in [-0.2, -0.15) is 0 Å². The molecule has 0 heterocycles. The highest BCUT2D eigenvalue weighted by molar-refractivity contribution is 5.50. The Morgan fingerprint density at radius 3 is 2.72 bits per heavy atom. The maximum Gasteiger partial charge on any atom is 0.311 e. The van der Waals surface area contributed by atoms with Crippen molar-refractivity contribution in [2.75, 3.05) is 14.2 Å². The van der Waals surface area contributed by atoms with E-state index in [0.29, 0.717) is 11.8 Å². The number of rotatable bonds is 5. The number of hydrogen-bond donors (Lipinski definition) is 1. The van der Waals surface area contributed by atoms with E-state index in [-0.39, 0.29) is 17.5 Å². The normalized spacial score (nSPS) is 22.1. The molecule has 0 bridgehead atoms. The van der Waals surface area contributed by atoms with Crippen molar-refractivity contribution in [3.8, 4) is 11.5 Å². The van der Waals surface area contributed by atoms with Crippen molar-refractivity contribution >= 4 is 5.69 Å². The first-order chi connectivity index (χ1) is 8.63. The molecule has 0 atom stereocenters. The monoisotopic (exact) mass is 252 g/mol. The van der Waals surface area contributed by atoms with Gasteiger partial charge in [-0.15, -0.1) is 0 Å². The number of nitrogens with one attached hydrogen (secondary N) is 1. The molecule has 1 fully saturated rings. The van der Waals surface area contributed by atoms with Crippen molar-refractivity contribution in [3.05, 3.63) is 28.3 Å². The second-order valence-electron chi connectivity index (χ2n) is 4.29. The quantitative estimate of drug-likeness (QED) is 0.638. The number of nitrogens with zero attached hydrogens (tertiary/aromatic N) is 1. The van der Waals surface area contributed by atoms with Crippen LogP contribution in [0.4, 0.5) is 5.69 Å². The van der Waals surface area contributed by atoms with Gasteiger partial charge in [0, 0.05) is 18.2 Å². The number of hydrogen-bond acceptors (Lipinski definition) is 5. The van der Waals surface area contributed by atoms with Gasteiger partial charge in [0.1, 0.15) is 11.9 Å². The lowest BCUT2D eigenvalue weighted by atomic mass is 9.89. The van der Waals surface area contributed by atoms with Gasteiger partial charge in [-0.25, -0.2) is 0 Å². The summed E-state index contributed by atoms with van der Waals surface area (Å²) in [6.45, 7) is 0. The van der Waals surface area contributed by atoms with Crippen LogP contribution in [0.15, 0.2) is 18.2 Å². The Morgan fingerprint density at radius 1 is 1.44 bits per heavy atom. The molecule has 98 valence electrons. The summed E-state index contributed by atoms with van der Waals surface area (Å²) in [5, 5.41) is 14.0. The molecule has 18 heavy (non-hydrogen) atoms. The molecular formula is C12H16N2O4. The zero-order valence-electron chi connectivity index (χ0n) is 10.4. The maximum absolute atomic E-state index is 10.9. The SMILES string of the molecule is CNC1CC(Oc2cc(OC)ccc2[N+](=O)[O-])C1. The van der Waals surface area contributed by atoms with Crippen molar-refractivity contribution in [2.45, 2.75) is 25.0 Å². The van der Waals surface area contributed by atoms with E-state index in [1.165, 1.54) is 13.2 Å². The van der Waals surface area contributed by atoms with E-state index in [0.717, 1.165) is 12.8 Å². The van der Waals surface area contributed by atoms with E-state index < -0.39 is 4.92 Å². The van der Waals surface area contributed by atoms with Crippen LogP contribution in [0.1, 0.15) is 12.8 Å². The topological polar surface area (TPSA) is 73.6 Å². The van der Waals surface area contributed by atoms with E-state index in [4.69, 9.17) is 9.47 Å². The summed E-state index contributed by atoms with van der Waals surface area (Å²) in [7, 11) is 3.42. The van der Waals surface area contributed by atoms with Crippen LogP contribution < -0.4 is 14.8 Å². The molecule has 1 N–H and O–H groups in total. The molecule has 0 unspecified atom stereocenters. The number of nitro benzene ring substituents is 1. The number of nitro groups is 1. The fraction of sp³-hybridized carbons (Fsp3) is 0.500. The van der Waals surface area contributed by atoms with Crippen molar-refractivity contribution in [1.29, 1.82) is 0 Å². The average Bonchev–Trinajstić information content (AvgIpc) is 2.32. The first-order valence-electron chi connectivity index (χ1n) is 5.80. The van der Waals surface area contributed by atoms with E-state index in [2.05, 4.69) is 5.32 Å². The summed E-state index contributed by atoms with van der Waals surface area (Å²) in [6, 6.07) is 4.97. The molecule has 0 saturated heterocycles. The Bertz CT molecular complexity index is 444. The van der Waals surface area contributed by atoms with Crippen molar-refractivity contribution in [1.82, 2.24) is 5.32 Å². The van der Waals surface area contributed by atoms with E-state index in [9.17, 15) is 10.1 Å². The molecule has 1 aromatic rings. The van der Waals surface area contributed by atoms with Crippen LogP contribution in [0.5, 0.6) is 11.5 Å². The zero-order chi connectivity index (χ0) is 13.1. The second-order valence-corrected chi connectivity index (χ2v) is 4.29. The molecule has 0 aliphatic heterocycles. The first kappa shape index (κ1) is 12.6. The maximum atomic E-state index is 10.9. The number of benzene rings is 1. The minimum atomic E-state index is -0.441. The summed E-state index contributed by atoms with van der Waals surface area (Å²) in [5.74, 6) is 0.832. The Labute approximate surface area is 105 Å². The molecular weight excluding hydrogens is 236 g/mol. The Morgan fingerprint density at radius 2 is 2.17 bits per heavy atom. The van der Waals surface area contributed by atoms with Gasteiger partial charge in [-0.1, -0.05) is 0 Å². The van der Waals surface area contributed by atoms with Crippen LogP contribution in [0.25, 0.3) is 0 Å². The highest BCUT2D eigenvalue weighted by atomic mass is 16.6. The van der Waals surface area contributed by atoms with Gasteiger partial charge in [-0.05, 0) is 26.0 Å². The van der Waals surface area contributed by atoms with Gasteiger partial charge in [0.05, 0.1) is 12.0 Å². The molecule has 1 aromatic carbocycles. The van der Waals surface area contributed by atoms with Crippen LogP contribution >= 0.6 is 0 Å². The minimum absolute atomic E-state index is 0.0243. The van der Waals surface area contributed by atoms with Crippen LogP contribution in [-0.2, 0) is 0 Å². The third kappa shape index (κ3) is 2.53. The second kappa shape index (κ2) is 5.22. The average molecular weight is 252 g/mol. The smallest absolute Gasteiger partial charge is 0.311 e. The first-order valence-corrected chi connectivity index (χ1v) is 5.80.